The molecule has 3 aromatic rings. The Hall–Kier alpha value is -4.79. The van der Waals surface area contributed by atoms with Crippen LogP contribution in [0.1, 0.15) is 47.8 Å². The molecule has 2 N–H and O–H groups in total. The van der Waals surface area contributed by atoms with E-state index in [9.17, 15) is 24.0 Å². The minimum Gasteiger partial charge on any atom is -0.452 e. The number of carbonyl (C=O) groups is 5. The molecule has 1 aliphatic rings. The number of anilines is 1. The number of ether oxygens (including phenoxy) is 1. The third-order valence-corrected chi connectivity index (χ3v) is 5.63. The zero-order valence-corrected chi connectivity index (χ0v) is 19.7. The second-order valence-corrected chi connectivity index (χ2v) is 8.34. The molecule has 36 heavy (non-hydrogen) atoms. The first-order chi connectivity index (χ1) is 17.2. The Morgan fingerprint density at radius 2 is 1.50 bits per heavy atom. The number of rotatable bonds is 6. The number of nitrogens with zero attached hydrogens (tertiary/aromatic N) is 1. The van der Waals surface area contributed by atoms with Crippen LogP contribution in [0, 0.1) is 13.8 Å². The van der Waals surface area contributed by atoms with Gasteiger partial charge in [-0.3, -0.25) is 24.6 Å². The SMILES string of the molecule is Cc1ccc(NC(=O)NC(=O)COC(=O)c2ccc(CN3C(=O)c4ccccc4C3=O)cc2)c(C)c1. The van der Waals surface area contributed by atoms with Crippen molar-refractivity contribution >= 4 is 35.4 Å². The van der Waals surface area contributed by atoms with Crippen LogP contribution in [0.5, 0.6) is 0 Å². The van der Waals surface area contributed by atoms with E-state index in [0.29, 0.717) is 22.4 Å². The van der Waals surface area contributed by atoms with Crippen LogP contribution in [0.2, 0.25) is 0 Å². The molecule has 0 fully saturated rings. The number of hydrogen-bond acceptors (Lipinski definition) is 6. The Bertz CT molecular complexity index is 1350. The van der Waals surface area contributed by atoms with Crippen molar-refractivity contribution < 1.29 is 28.7 Å². The number of fused-ring (bicyclic) bond motifs is 1. The lowest BCUT2D eigenvalue weighted by Gasteiger charge is -2.14. The van der Waals surface area contributed by atoms with E-state index < -0.39 is 24.5 Å². The Kier molecular flexibility index (Phi) is 6.91. The maximum atomic E-state index is 12.5. The van der Waals surface area contributed by atoms with Gasteiger partial charge in [0.15, 0.2) is 6.61 Å². The van der Waals surface area contributed by atoms with Crippen molar-refractivity contribution in [2.75, 3.05) is 11.9 Å². The van der Waals surface area contributed by atoms with Crippen LogP contribution >= 0.6 is 0 Å². The quantitative estimate of drug-likeness (QED) is 0.406. The number of benzene rings is 3. The Labute approximate surface area is 207 Å². The second kappa shape index (κ2) is 10.2. The predicted molar refractivity (Wildman–Crippen MR) is 130 cm³/mol. The van der Waals surface area contributed by atoms with Gasteiger partial charge in [-0.15, -0.1) is 0 Å². The van der Waals surface area contributed by atoms with E-state index in [4.69, 9.17) is 4.74 Å². The van der Waals surface area contributed by atoms with Crippen LogP contribution in [0.3, 0.4) is 0 Å². The summed E-state index contributed by atoms with van der Waals surface area (Å²) in [4.78, 5) is 62.5. The second-order valence-electron chi connectivity index (χ2n) is 8.34. The first-order valence-electron chi connectivity index (χ1n) is 11.1. The van der Waals surface area contributed by atoms with Gasteiger partial charge in [-0.1, -0.05) is 42.0 Å². The van der Waals surface area contributed by atoms with Crippen molar-refractivity contribution in [1.29, 1.82) is 0 Å². The molecule has 1 aliphatic heterocycles. The van der Waals surface area contributed by atoms with Gasteiger partial charge >= 0.3 is 12.0 Å². The largest absolute Gasteiger partial charge is 0.452 e. The van der Waals surface area contributed by atoms with Crippen molar-refractivity contribution in [3.8, 4) is 0 Å². The zero-order valence-electron chi connectivity index (χ0n) is 19.7. The van der Waals surface area contributed by atoms with E-state index in [1.807, 2.05) is 26.0 Å². The summed E-state index contributed by atoms with van der Waals surface area (Å²) in [6.45, 7) is 3.17. The van der Waals surface area contributed by atoms with Gasteiger partial charge in [0.2, 0.25) is 0 Å². The van der Waals surface area contributed by atoms with E-state index in [2.05, 4.69) is 10.6 Å². The van der Waals surface area contributed by atoms with Crippen molar-refractivity contribution in [2.45, 2.75) is 20.4 Å². The monoisotopic (exact) mass is 485 g/mol. The first kappa shape index (κ1) is 24.3. The van der Waals surface area contributed by atoms with E-state index in [0.717, 1.165) is 16.0 Å². The van der Waals surface area contributed by atoms with Crippen molar-refractivity contribution in [3.05, 3.63) is 100 Å². The van der Waals surface area contributed by atoms with Crippen LogP contribution in [-0.4, -0.2) is 41.2 Å². The van der Waals surface area contributed by atoms with Gasteiger partial charge in [-0.05, 0) is 55.3 Å². The standard InChI is InChI=1S/C27H23N3O6/c1-16-7-12-22(17(2)13-16)28-27(35)29-23(31)15-36-26(34)19-10-8-18(9-11-19)14-30-24(32)20-5-3-4-6-21(20)25(30)33/h3-13H,14-15H2,1-2H3,(H2,28,29,31,35). The molecule has 0 aliphatic carbocycles. The maximum Gasteiger partial charge on any atom is 0.338 e. The molecule has 182 valence electrons. The lowest BCUT2D eigenvalue weighted by atomic mass is 10.1. The molecule has 0 unspecified atom stereocenters. The fourth-order valence-electron chi connectivity index (χ4n) is 3.80. The summed E-state index contributed by atoms with van der Waals surface area (Å²) in [7, 11) is 0. The Morgan fingerprint density at radius 1 is 0.861 bits per heavy atom. The molecule has 0 aromatic heterocycles. The number of imide groups is 2. The maximum absolute atomic E-state index is 12.5. The fourth-order valence-corrected chi connectivity index (χ4v) is 3.80. The number of esters is 1. The van der Waals surface area contributed by atoms with Gasteiger partial charge in [0.25, 0.3) is 17.7 Å². The fraction of sp³-hybridized carbons (Fsp3) is 0.148. The molecular weight excluding hydrogens is 462 g/mol. The number of urea groups is 1. The van der Waals surface area contributed by atoms with Crippen molar-refractivity contribution in [3.63, 3.8) is 0 Å². The van der Waals surface area contributed by atoms with Crippen LogP contribution < -0.4 is 10.6 Å². The summed E-state index contributed by atoms with van der Waals surface area (Å²) >= 11 is 0. The van der Waals surface area contributed by atoms with E-state index in [-0.39, 0.29) is 23.9 Å². The zero-order chi connectivity index (χ0) is 25.8. The molecule has 4 rings (SSSR count). The summed E-state index contributed by atoms with van der Waals surface area (Å²) in [6.07, 6.45) is 0. The van der Waals surface area contributed by atoms with E-state index in [1.54, 1.807) is 42.5 Å². The van der Waals surface area contributed by atoms with Crippen LogP contribution in [0.25, 0.3) is 0 Å². The van der Waals surface area contributed by atoms with Gasteiger partial charge in [0, 0.05) is 5.69 Å². The molecular formula is C27H23N3O6. The number of hydrogen-bond donors (Lipinski definition) is 2. The lowest BCUT2D eigenvalue weighted by molar-refractivity contribution is -0.123. The predicted octanol–water partition coefficient (Wildman–Crippen LogP) is 3.60. The first-order valence-corrected chi connectivity index (χ1v) is 11.1. The van der Waals surface area contributed by atoms with E-state index >= 15 is 0 Å². The molecule has 0 bridgehead atoms. The summed E-state index contributed by atoms with van der Waals surface area (Å²) in [5, 5.41) is 4.68. The molecule has 5 amide bonds. The summed E-state index contributed by atoms with van der Waals surface area (Å²) in [5.41, 5.74) is 3.99. The molecule has 0 radical (unpaired) electrons. The highest BCUT2D eigenvalue weighted by atomic mass is 16.5. The molecule has 9 nitrogen and oxygen atoms in total. The van der Waals surface area contributed by atoms with Gasteiger partial charge in [0.05, 0.1) is 23.2 Å². The Morgan fingerprint density at radius 3 is 2.11 bits per heavy atom. The normalized spacial score (nSPS) is 12.2. The van der Waals surface area contributed by atoms with Crippen molar-refractivity contribution in [1.82, 2.24) is 10.2 Å². The third kappa shape index (κ3) is 5.30. The molecule has 0 atom stereocenters. The van der Waals surface area contributed by atoms with Gasteiger partial charge in [-0.25, -0.2) is 9.59 Å². The highest BCUT2D eigenvalue weighted by molar-refractivity contribution is 6.21. The average Bonchev–Trinajstić information content (AvgIpc) is 3.09. The number of carbonyl (C=O) groups excluding carboxylic acids is 5. The Balaban J connectivity index is 1.27. The third-order valence-electron chi connectivity index (χ3n) is 5.63. The molecule has 0 spiro atoms. The molecule has 1 heterocycles. The number of aryl methyl sites for hydroxylation is 2. The summed E-state index contributed by atoms with van der Waals surface area (Å²) in [5.74, 6) is -2.28. The highest BCUT2D eigenvalue weighted by Gasteiger charge is 2.34. The lowest BCUT2D eigenvalue weighted by Crippen LogP contribution is -2.37. The van der Waals surface area contributed by atoms with Crippen LogP contribution in [0.15, 0.2) is 66.7 Å². The minimum atomic E-state index is -0.784. The molecule has 9 heteroatoms. The summed E-state index contributed by atoms with van der Waals surface area (Å²) < 4.78 is 4.98. The molecule has 0 saturated carbocycles. The minimum absolute atomic E-state index is 0.0552. The number of amides is 5. The molecule has 3 aromatic carbocycles. The van der Waals surface area contributed by atoms with Crippen LogP contribution in [0.4, 0.5) is 10.5 Å². The molecule has 0 saturated heterocycles. The average molecular weight is 485 g/mol. The van der Waals surface area contributed by atoms with Crippen molar-refractivity contribution in [2.24, 2.45) is 0 Å². The topological polar surface area (TPSA) is 122 Å². The number of nitrogens with one attached hydrogen (secondary N) is 2. The van der Waals surface area contributed by atoms with Gasteiger partial charge in [-0.2, -0.15) is 0 Å². The highest BCUT2D eigenvalue weighted by Crippen LogP contribution is 2.24. The van der Waals surface area contributed by atoms with Crippen LogP contribution in [-0.2, 0) is 16.1 Å². The van der Waals surface area contributed by atoms with Gasteiger partial charge in [0.1, 0.15) is 0 Å². The van der Waals surface area contributed by atoms with E-state index in [1.165, 1.54) is 12.1 Å². The smallest absolute Gasteiger partial charge is 0.338 e. The van der Waals surface area contributed by atoms with Gasteiger partial charge < -0.3 is 10.1 Å². The summed E-state index contributed by atoms with van der Waals surface area (Å²) in [6, 6.07) is 17.5.